The van der Waals surface area contributed by atoms with E-state index in [2.05, 4.69) is 40.3 Å². The summed E-state index contributed by atoms with van der Waals surface area (Å²) in [7, 11) is 1.61. The van der Waals surface area contributed by atoms with Gasteiger partial charge in [0.1, 0.15) is 11.8 Å². The molecule has 1 aromatic heterocycles. The molecular formula is C14H13BrN2OS. The molecule has 0 aliphatic carbocycles. The predicted molar refractivity (Wildman–Crippen MR) is 81.8 cm³/mol. The van der Waals surface area contributed by atoms with Gasteiger partial charge in [0, 0.05) is 14.7 Å². The summed E-state index contributed by atoms with van der Waals surface area (Å²) >= 11 is 5.12. The number of halogens is 1. The average Bonchev–Trinajstić information content (AvgIpc) is 2.85. The average molecular weight is 337 g/mol. The molecule has 2 rings (SSSR count). The van der Waals surface area contributed by atoms with Gasteiger partial charge < -0.3 is 10.1 Å². The first kappa shape index (κ1) is 13.9. The van der Waals surface area contributed by atoms with Crippen molar-refractivity contribution in [3.05, 3.63) is 44.6 Å². The highest BCUT2D eigenvalue weighted by molar-refractivity contribution is 9.10. The lowest BCUT2D eigenvalue weighted by atomic mass is 10.1. The molecule has 98 valence electrons. The van der Waals surface area contributed by atoms with Gasteiger partial charge in [-0.2, -0.15) is 5.26 Å². The molecule has 0 aliphatic heterocycles. The zero-order chi connectivity index (χ0) is 13.8. The molecule has 1 aromatic carbocycles. The topological polar surface area (TPSA) is 45.0 Å². The largest absolute Gasteiger partial charge is 0.495 e. The summed E-state index contributed by atoms with van der Waals surface area (Å²) in [6, 6.07) is 9.81. The van der Waals surface area contributed by atoms with Crippen LogP contribution in [0.4, 0.5) is 5.69 Å². The molecule has 2 aromatic rings. The Morgan fingerprint density at radius 1 is 1.47 bits per heavy atom. The molecule has 0 spiro atoms. The Balaban J connectivity index is 2.30. The number of nitriles is 1. The highest BCUT2D eigenvalue weighted by Crippen LogP contribution is 2.33. The van der Waals surface area contributed by atoms with E-state index in [4.69, 9.17) is 4.74 Å². The molecule has 0 radical (unpaired) electrons. The third kappa shape index (κ3) is 3.09. The van der Waals surface area contributed by atoms with Crippen LogP contribution in [0, 0.1) is 11.3 Å². The standard InChI is InChI=1S/C14H13BrN2OS/c1-9(13-6-11(15)8-19-13)17-14-10(7-16)4-3-5-12(14)18-2/h3-6,8-9,17H,1-2H3. The van der Waals surface area contributed by atoms with Crippen LogP contribution in [0.5, 0.6) is 5.75 Å². The van der Waals surface area contributed by atoms with Gasteiger partial charge in [0.25, 0.3) is 0 Å². The van der Waals surface area contributed by atoms with Crippen molar-refractivity contribution in [2.75, 3.05) is 12.4 Å². The lowest BCUT2D eigenvalue weighted by Gasteiger charge is -2.17. The minimum atomic E-state index is 0.111. The van der Waals surface area contributed by atoms with Crippen LogP contribution in [-0.2, 0) is 0 Å². The van der Waals surface area contributed by atoms with Gasteiger partial charge in [0.05, 0.1) is 24.4 Å². The van der Waals surface area contributed by atoms with Crippen molar-refractivity contribution >= 4 is 33.0 Å². The van der Waals surface area contributed by atoms with Crippen LogP contribution < -0.4 is 10.1 Å². The summed E-state index contributed by atoms with van der Waals surface area (Å²) in [6.45, 7) is 2.06. The van der Waals surface area contributed by atoms with E-state index < -0.39 is 0 Å². The summed E-state index contributed by atoms with van der Waals surface area (Å²) in [5.74, 6) is 0.682. The molecule has 0 aliphatic rings. The van der Waals surface area contributed by atoms with Crippen LogP contribution in [-0.4, -0.2) is 7.11 Å². The smallest absolute Gasteiger partial charge is 0.143 e. The Morgan fingerprint density at radius 3 is 2.84 bits per heavy atom. The second kappa shape index (κ2) is 6.09. The van der Waals surface area contributed by atoms with E-state index >= 15 is 0 Å². The number of ether oxygens (including phenoxy) is 1. The summed E-state index contributed by atoms with van der Waals surface area (Å²) in [6.07, 6.45) is 0. The normalized spacial score (nSPS) is 11.7. The van der Waals surface area contributed by atoms with Gasteiger partial charge in [-0.3, -0.25) is 0 Å². The SMILES string of the molecule is COc1cccc(C#N)c1NC(C)c1cc(Br)cs1. The zero-order valence-electron chi connectivity index (χ0n) is 10.6. The fourth-order valence-corrected chi connectivity index (χ4v) is 3.24. The molecule has 1 N–H and O–H groups in total. The molecule has 5 heteroatoms. The summed E-state index contributed by atoms with van der Waals surface area (Å²) in [5.41, 5.74) is 1.33. The number of rotatable bonds is 4. The van der Waals surface area contributed by atoms with Gasteiger partial charge in [-0.15, -0.1) is 11.3 Å². The fraction of sp³-hybridized carbons (Fsp3) is 0.214. The summed E-state index contributed by atoms with van der Waals surface area (Å²) in [4.78, 5) is 1.20. The Morgan fingerprint density at radius 2 is 2.26 bits per heavy atom. The molecule has 3 nitrogen and oxygen atoms in total. The lowest BCUT2D eigenvalue weighted by Crippen LogP contribution is -2.07. The van der Waals surface area contributed by atoms with Gasteiger partial charge in [-0.25, -0.2) is 0 Å². The maximum Gasteiger partial charge on any atom is 0.143 e. The van der Waals surface area contributed by atoms with E-state index in [1.165, 1.54) is 4.88 Å². The molecule has 19 heavy (non-hydrogen) atoms. The second-order valence-electron chi connectivity index (χ2n) is 4.03. The minimum absolute atomic E-state index is 0.111. The number of thiophene rings is 1. The second-order valence-corrected chi connectivity index (χ2v) is 5.89. The number of para-hydroxylation sites is 1. The predicted octanol–water partition coefficient (Wildman–Crippen LogP) is 4.56. The van der Waals surface area contributed by atoms with E-state index in [1.54, 1.807) is 24.5 Å². The maximum absolute atomic E-state index is 9.18. The number of hydrogen-bond acceptors (Lipinski definition) is 4. The molecule has 0 saturated carbocycles. The zero-order valence-corrected chi connectivity index (χ0v) is 13.0. The van der Waals surface area contributed by atoms with Crippen molar-refractivity contribution < 1.29 is 4.74 Å². The Kier molecular flexibility index (Phi) is 4.46. The highest BCUT2D eigenvalue weighted by atomic mass is 79.9. The van der Waals surface area contributed by atoms with E-state index in [0.29, 0.717) is 11.3 Å². The van der Waals surface area contributed by atoms with Crippen molar-refractivity contribution in [2.45, 2.75) is 13.0 Å². The number of benzene rings is 1. The van der Waals surface area contributed by atoms with E-state index in [1.807, 2.05) is 17.5 Å². The van der Waals surface area contributed by atoms with Crippen LogP contribution in [0.2, 0.25) is 0 Å². The van der Waals surface area contributed by atoms with Gasteiger partial charge in [0.2, 0.25) is 0 Å². The lowest BCUT2D eigenvalue weighted by molar-refractivity contribution is 0.416. The highest BCUT2D eigenvalue weighted by Gasteiger charge is 2.14. The van der Waals surface area contributed by atoms with Gasteiger partial charge in [-0.05, 0) is 41.1 Å². The molecule has 1 atom stereocenters. The number of nitrogens with one attached hydrogen (secondary N) is 1. The molecule has 0 saturated heterocycles. The molecule has 1 unspecified atom stereocenters. The van der Waals surface area contributed by atoms with Gasteiger partial charge >= 0.3 is 0 Å². The summed E-state index contributed by atoms with van der Waals surface area (Å²) in [5, 5.41) is 14.6. The molecular weight excluding hydrogens is 324 g/mol. The number of nitrogens with zero attached hydrogens (tertiary/aromatic N) is 1. The van der Waals surface area contributed by atoms with Crippen molar-refractivity contribution in [1.82, 2.24) is 0 Å². The number of anilines is 1. The van der Waals surface area contributed by atoms with Crippen LogP contribution in [0.25, 0.3) is 0 Å². The number of hydrogen-bond donors (Lipinski definition) is 1. The van der Waals surface area contributed by atoms with Crippen molar-refractivity contribution in [3.8, 4) is 11.8 Å². The van der Waals surface area contributed by atoms with Crippen molar-refractivity contribution in [1.29, 1.82) is 5.26 Å². The van der Waals surface area contributed by atoms with Crippen LogP contribution in [0.1, 0.15) is 23.4 Å². The van der Waals surface area contributed by atoms with Crippen molar-refractivity contribution in [2.24, 2.45) is 0 Å². The Bertz CT molecular complexity index is 618. The first-order valence-electron chi connectivity index (χ1n) is 5.73. The molecule has 1 heterocycles. The van der Waals surface area contributed by atoms with Crippen LogP contribution >= 0.6 is 27.3 Å². The minimum Gasteiger partial charge on any atom is -0.495 e. The fourth-order valence-electron chi connectivity index (χ4n) is 1.79. The van der Waals surface area contributed by atoms with Crippen LogP contribution in [0.3, 0.4) is 0 Å². The number of methoxy groups -OCH3 is 1. The Labute approximate surface area is 125 Å². The van der Waals surface area contributed by atoms with E-state index in [0.717, 1.165) is 10.2 Å². The maximum atomic E-state index is 9.18. The van der Waals surface area contributed by atoms with Gasteiger partial charge in [-0.1, -0.05) is 6.07 Å². The third-order valence-corrected chi connectivity index (χ3v) is 4.62. The summed E-state index contributed by atoms with van der Waals surface area (Å²) < 4.78 is 6.38. The molecule has 0 fully saturated rings. The molecule has 0 bridgehead atoms. The monoisotopic (exact) mass is 336 g/mol. The molecule has 0 amide bonds. The van der Waals surface area contributed by atoms with E-state index in [9.17, 15) is 5.26 Å². The van der Waals surface area contributed by atoms with Gasteiger partial charge in [0.15, 0.2) is 0 Å². The van der Waals surface area contributed by atoms with Crippen molar-refractivity contribution in [3.63, 3.8) is 0 Å². The Hall–Kier alpha value is -1.51. The van der Waals surface area contributed by atoms with E-state index in [-0.39, 0.29) is 6.04 Å². The quantitative estimate of drug-likeness (QED) is 0.889. The third-order valence-electron chi connectivity index (χ3n) is 2.74. The first-order valence-corrected chi connectivity index (χ1v) is 7.40. The van der Waals surface area contributed by atoms with Crippen LogP contribution in [0.15, 0.2) is 34.1 Å². The first-order chi connectivity index (χ1) is 9.15.